The van der Waals surface area contributed by atoms with E-state index >= 15 is 0 Å². The number of methoxy groups -OCH3 is 8. The van der Waals surface area contributed by atoms with Crippen LogP contribution in [0.2, 0.25) is 0 Å². The molecule has 3 aromatic heterocycles. The van der Waals surface area contributed by atoms with Crippen molar-refractivity contribution in [2.75, 3.05) is 78.1 Å². The fourth-order valence-corrected chi connectivity index (χ4v) is 12.0. The fraction of sp³-hybridized carbons (Fsp3) is 0.100. The third kappa shape index (κ3) is 14.2. The Morgan fingerprint density at radius 2 is 0.465 bits per heavy atom. The zero-order chi connectivity index (χ0) is 69.6. The van der Waals surface area contributed by atoms with Crippen LogP contribution in [0.25, 0.3) is 90.9 Å². The normalized spacial score (nSPS) is 11.2. The van der Waals surface area contributed by atoms with E-state index in [0.717, 1.165) is 0 Å². The molecule has 0 unspecified atom stereocenters. The Morgan fingerprint density at radius 3 is 0.653 bits per heavy atom. The summed E-state index contributed by atoms with van der Waals surface area (Å²) in [6, 6.07) is 56.6. The number of hydrogen-bond donors (Lipinski definition) is 4. The monoisotopic (exact) mass is 1390 g/mol. The van der Waals surface area contributed by atoms with Crippen LogP contribution >= 0.6 is 0 Å². The first-order chi connectivity index (χ1) is 48.8. The molecular weight excluding hydrogens is 1330 g/mol. The summed E-state index contributed by atoms with van der Waals surface area (Å²) in [4.78, 5) is 80.6. The van der Waals surface area contributed by atoms with Gasteiger partial charge in [-0.3, -0.25) is 19.2 Å². The average Bonchev–Trinajstić information content (AvgIpc) is 1.64. The second kappa shape index (κ2) is 29.9. The van der Waals surface area contributed by atoms with Crippen LogP contribution in [0.3, 0.4) is 0 Å². The van der Waals surface area contributed by atoms with Crippen molar-refractivity contribution in [3.05, 3.63) is 239 Å². The van der Waals surface area contributed by atoms with Crippen LogP contribution < -0.4 is 69.1 Å². The van der Waals surface area contributed by atoms with Crippen molar-refractivity contribution in [3.8, 4) is 90.5 Å². The van der Waals surface area contributed by atoms with E-state index in [1.54, 1.807) is 97.1 Å². The Bertz CT molecular complexity index is 4600. The van der Waals surface area contributed by atoms with E-state index in [0.29, 0.717) is 158 Å². The summed E-state index contributed by atoms with van der Waals surface area (Å²) in [5.74, 6) is 1.53. The summed E-state index contributed by atoms with van der Waals surface area (Å²) in [6.07, 6.45) is 7.49. The van der Waals surface area contributed by atoms with Gasteiger partial charge in [-0.1, -0.05) is 97.1 Å². The molecule has 21 heteroatoms. The van der Waals surface area contributed by atoms with Crippen molar-refractivity contribution < 1.29 is 76.6 Å². The van der Waals surface area contributed by atoms with Crippen LogP contribution in [-0.2, 0) is 19.5 Å². The van der Waals surface area contributed by atoms with Crippen LogP contribution in [0, 0.1) is 0 Å². The number of nitrogens with zero attached hydrogens (tertiary/aromatic N) is 4. The molecule has 0 radical (unpaired) electrons. The SMILES string of the molecule is COc1cc(OC)cc(C(=O)Nc2ccccc2-c2c3nc(c(-c4ccccc4NC(=O)c4cc(OC)cc(OC)c4)c4ccc([n-]4)c(-c4ccccc4NC(=O)c4cc(OC)cc(OC)c4)c4nc(c(-c5ccccc5NC(=O)c5cc(OC)cc(OC)c5)c5ccc2[n-]5)C=C4)C=C3)c1.[Zn+2]. The average molecular weight is 1390 g/mol. The van der Waals surface area contributed by atoms with Gasteiger partial charge in [0.15, 0.2) is 0 Å². The van der Waals surface area contributed by atoms with Gasteiger partial charge in [0.1, 0.15) is 46.0 Å². The van der Waals surface area contributed by atoms with Gasteiger partial charge in [0.2, 0.25) is 0 Å². The van der Waals surface area contributed by atoms with Gasteiger partial charge in [0.05, 0.1) is 79.7 Å². The third-order valence-corrected chi connectivity index (χ3v) is 16.8. The van der Waals surface area contributed by atoms with Crippen molar-refractivity contribution in [2.24, 2.45) is 0 Å². The Morgan fingerprint density at radius 1 is 0.277 bits per heavy atom. The molecule has 8 aromatic carbocycles. The molecular formula is C80H64N8O12Zn. The minimum atomic E-state index is -0.455. The van der Waals surface area contributed by atoms with E-state index in [4.69, 9.17) is 57.8 Å². The van der Waals surface area contributed by atoms with Crippen molar-refractivity contribution in [1.29, 1.82) is 0 Å². The van der Waals surface area contributed by atoms with Crippen molar-refractivity contribution in [3.63, 3.8) is 0 Å². The number of hydrogen-bond acceptors (Lipinski definition) is 14. The first kappa shape index (κ1) is 68.2. The minimum Gasteiger partial charge on any atom is -0.657 e. The van der Waals surface area contributed by atoms with E-state index in [-0.39, 0.29) is 41.7 Å². The molecule has 8 bridgehead atoms. The summed E-state index contributed by atoms with van der Waals surface area (Å²) in [5.41, 5.74) is 10.5. The summed E-state index contributed by atoms with van der Waals surface area (Å²) >= 11 is 0. The molecule has 498 valence electrons. The van der Waals surface area contributed by atoms with Crippen LogP contribution in [-0.4, -0.2) is 90.5 Å². The number of anilines is 4. The first-order valence-corrected chi connectivity index (χ1v) is 31.4. The third-order valence-electron chi connectivity index (χ3n) is 16.8. The molecule has 0 spiro atoms. The second-order valence-corrected chi connectivity index (χ2v) is 22.8. The second-order valence-electron chi connectivity index (χ2n) is 22.8. The zero-order valence-electron chi connectivity index (χ0n) is 56.2. The molecule has 0 aliphatic carbocycles. The Labute approximate surface area is 593 Å². The van der Waals surface area contributed by atoms with E-state index in [1.807, 2.05) is 121 Å². The molecule has 0 saturated carbocycles. The number of carbonyl (C=O) groups is 4. The van der Waals surface area contributed by atoms with Crippen molar-refractivity contribution in [2.45, 2.75) is 0 Å². The molecule has 0 saturated heterocycles. The Kier molecular flexibility index (Phi) is 20.2. The van der Waals surface area contributed by atoms with Crippen LogP contribution in [0.5, 0.6) is 46.0 Å². The molecule has 4 N–H and O–H groups in total. The molecule has 11 aromatic rings. The Hall–Kier alpha value is -12.7. The predicted octanol–water partition coefficient (Wildman–Crippen LogP) is 15.7. The predicted molar refractivity (Wildman–Crippen MR) is 389 cm³/mol. The summed E-state index contributed by atoms with van der Waals surface area (Å²) in [7, 11) is 12.1. The molecule has 13 rings (SSSR count). The Balaban J connectivity index is 0.00000965. The molecule has 20 nitrogen and oxygen atoms in total. The number of fused-ring (bicyclic) bond motifs is 8. The van der Waals surface area contributed by atoms with Gasteiger partial charge in [0, 0.05) is 91.5 Å². The molecule has 2 aliphatic rings. The van der Waals surface area contributed by atoms with Crippen molar-refractivity contribution >= 4 is 92.7 Å². The van der Waals surface area contributed by atoms with E-state index in [2.05, 4.69) is 21.3 Å². The van der Waals surface area contributed by atoms with Crippen LogP contribution in [0.1, 0.15) is 64.2 Å². The molecule has 0 fully saturated rings. The minimum absolute atomic E-state index is 0. The topological polar surface area (TPSA) is 244 Å². The van der Waals surface area contributed by atoms with Crippen LogP contribution in [0.15, 0.2) is 194 Å². The van der Waals surface area contributed by atoms with E-state index < -0.39 is 23.6 Å². The molecule has 2 aliphatic heterocycles. The number of para-hydroxylation sites is 4. The van der Waals surface area contributed by atoms with E-state index in [1.165, 1.54) is 56.9 Å². The van der Waals surface area contributed by atoms with Gasteiger partial charge in [-0.2, -0.15) is 0 Å². The van der Waals surface area contributed by atoms with Crippen LogP contribution in [0.4, 0.5) is 22.7 Å². The molecule has 4 amide bonds. The number of rotatable bonds is 20. The maximum atomic E-state index is 14.6. The van der Waals surface area contributed by atoms with Gasteiger partial charge in [0.25, 0.3) is 23.6 Å². The fourth-order valence-electron chi connectivity index (χ4n) is 12.0. The largest absolute Gasteiger partial charge is 2.00 e. The quantitative estimate of drug-likeness (QED) is 0.0518. The summed E-state index contributed by atoms with van der Waals surface area (Å²) in [5, 5.41) is 12.7. The zero-order valence-corrected chi connectivity index (χ0v) is 59.1. The number of nitrogens with one attached hydrogen (secondary N) is 4. The number of benzene rings is 8. The van der Waals surface area contributed by atoms with Gasteiger partial charge in [-0.25, -0.2) is 9.97 Å². The summed E-state index contributed by atoms with van der Waals surface area (Å²) < 4.78 is 44.5. The maximum Gasteiger partial charge on any atom is 2.00 e. The standard InChI is InChI=1S/C80H66N8O12.Zn/c1-93-49-33-45(34-50(41-49)94-2)77(89)85-61-21-13-9-17-57(61)73-65-25-27-67(81-65)74(58-18-10-14-22-62(58)86-78(90)46-35-51(95-3)42-52(36-46)96-4)69-29-31-71(83-69)76(60-20-12-16-24-64(60)88-80(92)48-39-55(99-7)44-56(40-48)100-8)72-32-30-70(84-72)75(68-28-26-66(73)82-68)59-19-11-15-23-63(59)87-79(91)47-37-53(97-5)43-54(38-47)98-6;/h9-44H,1-8H3,(H6,81,82,83,84,85,86,87,88,89,90,91,92);/q;+2/p-2. The molecule has 5 heterocycles. The van der Waals surface area contributed by atoms with Gasteiger partial charge < -0.3 is 69.1 Å². The van der Waals surface area contributed by atoms with Gasteiger partial charge in [-0.05, 0) is 119 Å². The number of amides is 4. The smallest absolute Gasteiger partial charge is 0.657 e. The van der Waals surface area contributed by atoms with E-state index in [9.17, 15) is 19.2 Å². The molecule has 101 heavy (non-hydrogen) atoms. The number of ether oxygens (including phenoxy) is 8. The number of carbonyl (C=O) groups excluding carboxylic acids is 4. The molecule has 0 atom stereocenters. The maximum absolute atomic E-state index is 14.6. The van der Waals surface area contributed by atoms with Gasteiger partial charge >= 0.3 is 19.5 Å². The number of aromatic nitrogens is 4. The van der Waals surface area contributed by atoms with Crippen molar-refractivity contribution in [1.82, 2.24) is 19.9 Å². The first-order valence-electron chi connectivity index (χ1n) is 31.4. The van der Waals surface area contributed by atoms with Gasteiger partial charge in [-0.15, -0.1) is 22.1 Å². The summed E-state index contributed by atoms with van der Waals surface area (Å²) in [6.45, 7) is 0.